The third-order valence-corrected chi connectivity index (χ3v) is 2.49. The van der Waals surface area contributed by atoms with Crippen LogP contribution in [0.25, 0.3) is 11.1 Å². The van der Waals surface area contributed by atoms with Crippen molar-refractivity contribution in [3.8, 4) is 22.9 Å². The number of ether oxygens (including phenoxy) is 1. The van der Waals surface area contributed by atoms with Crippen LogP contribution in [0.3, 0.4) is 0 Å². The van der Waals surface area contributed by atoms with Gasteiger partial charge in [-0.2, -0.15) is 5.26 Å². The van der Waals surface area contributed by atoms with Gasteiger partial charge < -0.3 is 4.74 Å². The molecule has 3 heteroatoms. The van der Waals surface area contributed by atoms with Crippen LogP contribution >= 0.6 is 0 Å². The fourth-order valence-electron chi connectivity index (χ4n) is 1.67. The summed E-state index contributed by atoms with van der Waals surface area (Å²) in [6, 6.07) is 13.4. The molecule has 0 aliphatic carbocycles. The summed E-state index contributed by atoms with van der Waals surface area (Å²) in [6.45, 7) is 0. The quantitative estimate of drug-likeness (QED) is 0.788. The molecule has 0 aliphatic rings. The molecule has 2 rings (SSSR count). The largest absolute Gasteiger partial charge is 0.496 e. The molecule has 0 spiro atoms. The van der Waals surface area contributed by atoms with Crippen LogP contribution in [-0.4, -0.2) is 7.11 Å². The van der Waals surface area contributed by atoms with Crippen LogP contribution in [0.1, 0.15) is 5.56 Å². The molecule has 0 N–H and O–H groups in total. The van der Waals surface area contributed by atoms with Gasteiger partial charge in [-0.05, 0) is 24.3 Å². The van der Waals surface area contributed by atoms with Crippen molar-refractivity contribution in [1.29, 1.82) is 5.26 Å². The Balaban J connectivity index is 2.65. The van der Waals surface area contributed by atoms with Crippen molar-refractivity contribution in [3.05, 3.63) is 53.8 Å². The van der Waals surface area contributed by atoms with E-state index >= 15 is 0 Å². The van der Waals surface area contributed by atoms with E-state index in [1.54, 1.807) is 36.4 Å². The van der Waals surface area contributed by atoms with Gasteiger partial charge >= 0.3 is 0 Å². The Morgan fingerprint density at radius 2 is 1.88 bits per heavy atom. The second-order valence-electron chi connectivity index (χ2n) is 3.51. The molecule has 0 bridgehead atoms. The Kier molecular flexibility index (Phi) is 3.06. The average Bonchev–Trinajstić information content (AvgIpc) is 2.38. The van der Waals surface area contributed by atoms with Gasteiger partial charge in [-0.1, -0.05) is 18.2 Å². The Labute approximate surface area is 98.9 Å². The molecule has 84 valence electrons. The molecule has 17 heavy (non-hydrogen) atoms. The summed E-state index contributed by atoms with van der Waals surface area (Å²) in [5, 5.41) is 8.86. The SMILES string of the molecule is COc1ccc(C#N)cc1-c1ccccc1F. The molecule has 0 saturated carbocycles. The maximum absolute atomic E-state index is 13.7. The van der Waals surface area contributed by atoms with Crippen molar-refractivity contribution >= 4 is 0 Å². The predicted molar refractivity (Wildman–Crippen MR) is 63.1 cm³/mol. The number of rotatable bonds is 2. The van der Waals surface area contributed by atoms with Gasteiger partial charge in [0.1, 0.15) is 11.6 Å². The van der Waals surface area contributed by atoms with Gasteiger partial charge in [0.25, 0.3) is 0 Å². The molecule has 0 amide bonds. The topological polar surface area (TPSA) is 33.0 Å². The van der Waals surface area contributed by atoms with Gasteiger partial charge in [-0.25, -0.2) is 4.39 Å². The second-order valence-corrected chi connectivity index (χ2v) is 3.51. The zero-order valence-corrected chi connectivity index (χ0v) is 9.27. The Bertz CT molecular complexity index is 587. The fraction of sp³-hybridized carbons (Fsp3) is 0.0714. The highest BCUT2D eigenvalue weighted by Crippen LogP contribution is 2.32. The van der Waals surface area contributed by atoms with Crippen molar-refractivity contribution in [2.75, 3.05) is 7.11 Å². The summed E-state index contributed by atoms with van der Waals surface area (Å²) < 4.78 is 18.9. The van der Waals surface area contributed by atoms with E-state index < -0.39 is 0 Å². The minimum absolute atomic E-state index is 0.333. The molecular weight excluding hydrogens is 217 g/mol. The zero-order valence-electron chi connectivity index (χ0n) is 9.27. The lowest BCUT2D eigenvalue weighted by Crippen LogP contribution is -1.91. The van der Waals surface area contributed by atoms with E-state index in [1.165, 1.54) is 13.2 Å². The summed E-state index contributed by atoms with van der Waals surface area (Å²) in [7, 11) is 1.52. The third-order valence-electron chi connectivity index (χ3n) is 2.49. The van der Waals surface area contributed by atoms with Gasteiger partial charge in [0.15, 0.2) is 0 Å². The zero-order chi connectivity index (χ0) is 12.3. The molecule has 0 radical (unpaired) electrons. The van der Waals surface area contributed by atoms with Crippen LogP contribution in [0.15, 0.2) is 42.5 Å². The number of nitrogens with zero attached hydrogens (tertiary/aromatic N) is 1. The van der Waals surface area contributed by atoms with Crippen LogP contribution in [0.2, 0.25) is 0 Å². The molecule has 0 atom stereocenters. The van der Waals surface area contributed by atoms with Gasteiger partial charge in [-0.15, -0.1) is 0 Å². The van der Waals surface area contributed by atoms with Crippen LogP contribution in [0, 0.1) is 17.1 Å². The molecule has 2 nitrogen and oxygen atoms in total. The summed E-state index contributed by atoms with van der Waals surface area (Å²) in [5.41, 5.74) is 1.50. The van der Waals surface area contributed by atoms with Crippen molar-refractivity contribution in [2.24, 2.45) is 0 Å². The smallest absolute Gasteiger partial charge is 0.131 e. The average molecular weight is 227 g/mol. The Morgan fingerprint density at radius 3 is 2.53 bits per heavy atom. The lowest BCUT2D eigenvalue weighted by Gasteiger charge is -2.09. The van der Waals surface area contributed by atoms with Gasteiger partial charge in [0.2, 0.25) is 0 Å². The molecule has 2 aromatic rings. The maximum Gasteiger partial charge on any atom is 0.131 e. The third kappa shape index (κ3) is 2.11. The van der Waals surface area contributed by atoms with E-state index in [4.69, 9.17) is 10.00 Å². The highest BCUT2D eigenvalue weighted by Gasteiger charge is 2.10. The van der Waals surface area contributed by atoms with E-state index in [1.807, 2.05) is 6.07 Å². The van der Waals surface area contributed by atoms with Crippen LogP contribution in [0.4, 0.5) is 4.39 Å². The van der Waals surface area contributed by atoms with Gasteiger partial charge in [0, 0.05) is 11.1 Å². The number of hydrogen-bond acceptors (Lipinski definition) is 2. The standard InChI is InChI=1S/C14H10FNO/c1-17-14-7-6-10(9-16)8-12(14)11-4-2-3-5-13(11)15/h2-8H,1H3. The summed E-state index contributed by atoms with van der Waals surface area (Å²) in [5.74, 6) is 0.218. The minimum atomic E-state index is -0.333. The number of halogens is 1. The first kappa shape index (κ1) is 11.2. The first-order valence-electron chi connectivity index (χ1n) is 5.09. The normalized spacial score (nSPS) is 9.71. The lowest BCUT2D eigenvalue weighted by molar-refractivity contribution is 0.416. The van der Waals surface area contributed by atoms with Crippen molar-refractivity contribution in [3.63, 3.8) is 0 Å². The number of nitriles is 1. The van der Waals surface area contributed by atoms with Gasteiger partial charge in [0.05, 0.1) is 18.7 Å². The highest BCUT2D eigenvalue weighted by atomic mass is 19.1. The molecule has 2 aromatic carbocycles. The minimum Gasteiger partial charge on any atom is -0.496 e. The van der Waals surface area contributed by atoms with Crippen LogP contribution in [0.5, 0.6) is 5.75 Å². The number of hydrogen-bond donors (Lipinski definition) is 0. The van der Waals surface area contributed by atoms with E-state index in [0.717, 1.165) is 0 Å². The highest BCUT2D eigenvalue weighted by molar-refractivity contribution is 5.72. The van der Waals surface area contributed by atoms with Crippen molar-refractivity contribution in [2.45, 2.75) is 0 Å². The van der Waals surface area contributed by atoms with Crippen molar-refractivity contribution < 1.29 is 9.13 Å². The molecule has 0 unspecified atom stereocenters. The summed E-state index contributed by atoms with van der Waals surface area (Å²) >= 11 is 0. The van der Waals surface area contributed by atoms with Crippen LogP contribution in [-0.2, 0) is 0 Å². The first-order chi connectivity index (χ1) is 8.26. The first-order valence-corrected chi connectivity index (χ1v) is 5.09. The molecule has 0 aliphatic heterocycles. The van der Waals surface area contributed by atoms with E-state index in [2.05, 4.69) is 0 Å². The predicted octanol–water partition coefficient (Wildman–Crippen LogP) is 3.37. The number of benzene rings is 2. The maximum atomic E-state index is 13.7. The Morgan fingerprint density at radius 1 is 1.12 bits per heavy atom. The van der Waals surface area contributed by atoms with Crippen LogP contribution < -0.4 is 4.74 Å². The monoisotopic (exact) mass is 227 g/mol. The molecule has 0 fully saturated rings. The lowest BCUT2D eigenvalue weighted by atomic mass is 10.0. The number of methoxy groups -OCH3 is 1. The van der Waals surface area contributed by atoms with E-state index in [9.17, 15) is 4.39 Å². The Hall–Kier alpha value is -2.34. The van der Waals surface area contributed by atoms with Gasteiger partial charge in [-0.3, -0.25) is 0 Å². The fourth-order valence-corrected chi connectivity index (χ4v) is 1.67. The summed E-state index contributed by atoms with van der Waals surface area (Å²) in [4.78, 5) is 0. The van der Waals surface area contributed by atoms with E-state index in [0.29, 0.717) is 22.4 Å². The molecule has 0 aromatic heterocycles. The summed E-state index contributed by atoms with van der Waals surface area (Å²) in [6.07, 6.45) is 0. The van der Waals surface area contributed by atoms with E-state index in [-0.39, 0.29) is 5.82 Å². The van der Waals surface area contributed by atoms with Crippen molar-refractivity contribution in [1.82, 2.24) is 0 Å². The second kappa shape index (κ2) is 4.67. The molecule has 0 saturated heterocycles. The molecular formula is C14H10FNO. The molecule has 0 heterocycles.